The molecule has 2 N–H and O–H groups in total. The standard InChI is InChI=1S/C32H45N3O11S/c1-32(2,13-7-8-14-34(3)31(38)39)20-35(47(40,41)25-11-12-28-29(16-25)45-22-44-28)17-27(36)26(15-23-9-5-4-6-10-23)33-30(37)46-24-18-42-21-43-19-24/h4-6,9-12,16,24,26-27,36H,7-8,13-15,17-22H2,1-3H3,(H,33,37)(H,38,39)/p-1/t26-,27+/m0/s1. The van der Waals surface area contributed by atoms with E-state index >= 15 is 0 Å². The first-order chi connectivity index (χ1) is 22.3. The summed E-state index contributed by atoms with van der Waals surface area (Å²) in [6, 6.07) is 12.6. The normalized spacial score (nSPS) is 16.4. The third-order valence-corrected chi connectivity index (χ3v) is 9.81. The number of aliphatic hydroxyl groups is 1. The number of aliphatic hydroxyl groups excluding tert-OH is 1. The fraction of sp³-hybridized carbons (Fsp3) is 0.562. The highest BCUT2D eigenvalue weighted by Crippen LogP contribution is 2.36. The van der Waals surface area contributed by atoms with Crippen LogP contribution in [0.3, 0.4) is 0 Å². The van der Waals surface area contributed by atoms with Crippen molar-refractivity contribution >= 4 is 22.2 Å². The minimum atomic E-state index is -4.20. The lowest BCUT2D eigenvalue weighted by atomic mass is 9.87. The highest BCUT2D eigenvalue weighted by atomic mass is 32.2. The van der Waals surface area contributed by atoms with E-state index in [1.54, 1.807) is 0 Å². The van der Waals surface area contributed by atoms with Gasteiger partial charge < -0.3 is 48.9 Å². The van der Waals surface area contributed by atoms with Crippen molar-refractivity contribution in [1.82, 2.24) is 14.5 Å². The van der Waals surface area contributed by atoms with Crippen molar-refractivity contribution in [3.8, 4) is 11.5 Å². The quantitative estimate of drug-likeness (QED) is 0.248. The maximum atomic E-state index is 14.2. The number of hydrogen-bond donors (Lipinski definition) is 2. The highest BCUT2D eigenvalue weighted by molar-refractivity contribution is 7.89. The number of amides is 2. The average molecular weight is 679 g/mol. The highest BCUT2D eigenvalue weighted by Gasteiger charge is 2.36. The van der Waals surface area contributed by atoms with Crippen molar-refractivity contribution in [3.05, 3.63) is 54.1 Å². The molecule has 47 heavy (non-hydrogen) atoms. The van der Waals surface area contributed by atoms with E-state index in [-0.39, 0.29) is 51.2 Å². The number of carbonyl (C=O) groups excluding carboxylic acids is 2. The molecule has 0 bridgehead atoms. The van der Waals surface area contributed by atoms with Crippen LogP contribution in [-0.2, 0) is 30.7 Å². The SMILES string of the molecule is CN(CCCCC(C)(C)CN(C[C@@H](O)[C@H](Cc1ccccc1)NC(=O)OC1COCOC1)S(=O)(=O)c1ccc2c(c1)OCO2)C(=O)[O-]. The van der Waals surface area contributed by atoms with E-state index in [4.69, 9.17) is 23.7 Å². The number of sulfonamides is 1. The number of hydrogen-bond acceptors (Lipinski definition) is 11. The van der Waals surface area contributed by atoms with Gasteiger partial charge >= 0.3 is 6.09 Å². The van der Waals surface area contributed by atoms with Crippen molar-refractivity contribution in [1.29, 1.82) is 0 Å². The molecule has 260 valence electrons. The molecule has 0 spiro atoms. The van der Waals surface area contributed by atoms with Crippen molar-refractivity contribution in [3.63, 3.8) is 0 Å². The first-order valence-corrected chi connectivity index (χ1v) is 16.9. The van der Waals surface area contributed by atoms with Crippen molar-refractivity contribution in [2.45, 2.75) is 62.7 Å². The Morgan fingerprint density at radius 1 is 1.06 bits per heavy atom. The Bertz CT molecular complexity index is 1440. The minimum Gasteiger partial charge on any atom is -0.530 e. The Hall–Kier alpha value is -3.63. The molecule has 0 radical (unpaired) electrons. The van der Waals surface area contributed by atoms with E-state index in [1.165, 1.54) is 29.6 Å². The van der Waals surface area contributed by atoms with Crippen molar-refractivity contribution in [2.24, 2.45) is 5.41 Å². The predicted molar refractivity (Wildman–Crippen MR) is 167 cm³/mol. The lowest BCUT2D eigenvalue weighted by Crippen LogP contribution is -2.52. The number of benzene rings is 2. The second-order valence-electron chi connectivity index (χ2n) is 12.5. The molecule has 2 aromatic carbocycles. The first kappa shape index (κ1) is 36.2. The molecular formula is C32H44N3O11S-. The third kappa shape index (κ3) is 10.7. The Morgan fingerprint density at radius 3 is 2.47 bits per heavy atom. The van der Waals surface area contributed by atoms with E-state index in [2.05, 4.69) is 5.32 Å². The summed E-state index contributed by atoms with van der Waals surface area (Å²) in [5.41, 5.74) is 0.235. The largest absolute Gasteiger partial charge is 0.530 e. The zero-order valence-corrected chi connectivity index (χ0v) is 27.8. The second-order valence-corrected chi connectivity index (χ2v) is 14.5. The van der Waals surface area contributed by atoms with Crippen LogP contribution in [0.2, 0.25) is 0 Å². The molecule has 15 heteroatoms. The van der Waals surface area contributed by atoms with Gasteiger partial charge in [-0.3, -0.25) is 0 Å². The van der Waals surface area contributed by atoms with Crippen LogP contribution in [0.1, 0.15) is 38.7 Å². The fourth-order valence-electron chi connectivity index (χ4n) is 5.39. The molecule has 2 aromatic rings. The van der Waals surface area contributed by atoms with Gasteiger partial charge in [-0.2, -0.15) is 4.31 Å². The van der Waals surface area contributed by atoms with Gasteiger partial charge in [-0.25, -0.2) is 13.2 Å². The lowest BCUT2D eigenvalue weighted by molar-refractivity contribution is -0.264. The molecule has 2 atom stereocenters. The molecule has 1 fully saturated rings. The lowest BCUT2D eigenvalue weighted by Gasteiger charge is -2.35. The predicted octanol–water partition coefficient (Wildman–Crippen LogP) is 1.95. The van der Waals surface area contributed by atoms with Gasteiger partial charge in [0.05, 0.1) is 30.3 Å². The van der Waals surface area contributed by atoms with Crippen LogP contribution in [-0.4, -0.2) is 107 Å². The van der Waals surface area contributed by atoms with Gasteiger partial charge in [0.15, 0.2) is 17.6 Å². The number of carbonyl (C=O) groups is 2. The molecule has 2 heterocycles. The molecule has 0 unspecified atom stereocenters. The monoisotopic (exact) mass is 678 g/mol. The Balaban J connectivity index is 1.55. The maximum absolute atomic E-state index is 14.2. The number of rotatable bonds is 16. The summed E-state index contributed by atoms with van der Waals surface area (Å²) in [6.45, 7) is 4.21. The molecule has 0 saturated carbocycles. The van der Waals surface area contributed by atoms with Gasteiger partial charge in [-0.05, 0) is 42.4 Å². The van der Waals surface area contributed by atoms with E-state index in [1.807, 2.05) is 44.2 Å². The van der Waals surface area contributed by atoms with Gasteiger partial charge in [0.2, 0.25) is 16.8 Å². The topological polar surface area (TPSA) is 176 Å². The van der Waals surface area contributed by atoms with Crippen LogP contribution >= 0.6 is 0 Å². The second kappa shape index (κ2) is 16.5. The summed E-state index contributed by atoms with van der Waals surface area (Å²) in [6.07, 6.45) is -2.08. The van der Waals surface area contributed by atoms with Crippen LogP contribution in [0, 0.1) is 5.41 Å². The van der Waals surface area contributed by atoms with Gasteiger partial charge in [-0.15, -0.1) is 0 Å². The van der Waals surface area contributed by atoms with Crippen molar-refractivity contribution < 1.29 is 51.9 Å². The van der Waals surface area contributed by atoms with Gasteiger partial charge in [-0.1, -0.05) is 50.6 Å². The number of fused-ring (bicyclic) bond motifs is 1. The first-order valence-electron chi connectivity index (χ1n) is 15.5. The van der Waals surface area contributed by atoms with E-state index < -0.39 is 45.9 Å². The molecule has 4 rings (SSSR count). The zero-order valence-electron chi connectivity index (χ0n) is 27.0. The molecular weight excluding hydrogens is 634 g/mol. The number of carboxylic acid groups (broad SMARTS) is 1. The summed E-state index contributed by atoms with van der Waals surface area (Å²) in [5, 5.41) is 25.4. The summed E-state index contributed by atoms with van der Waals surface area (Å²) in [7, 11) is -2.76. The van der Waals surface area contributed by atoms with Crippen LogP contribution in [0.5, 0.6) is 11.5 Å². The molecule has 2 aliphatic rings. The number of nitrogens with zero attached hydrogens (tertiary/aromatic N) is 2. The van der Waals surface area contributed by atoms with E-state index in [0.29, 0.717) is 37.3 Å². The molecule has 14 nitrogen and oxygen atoms in total. The summed E-state index contributed by atoms with van der Waals surface area (Å²) in [5.74, 6) is 0.724. The molecule has 2 aliphatic heterocycles. The Labute approximate surface area is 275 Å². The molecule has 2 amide bonds. The van der Waals surface area contributed by atoms with Crippen LogP contribution in [0.15, 0.2) is 53.4 Å². The summed E-state index contributed by atoms with van der Waals surface area (Å²) < 4.78 is 56.2. The van der Waals surface area contributed by atoms with Crippen LogP contribution in [0.4, 0.5) is 9.59 Å². The molecule has 0 aromatic heterocycles. The summed E-state index contributed by atoms with van der Waals surface area (Å²) in [4.78, 5) is 25.0. The van der Waals surface area contributed by atoms with Crippen LogP contribution in [0.25, 0.3) is 0 Å². The van der Waals surface area contributed by atoms with Gasteiger partial charge in [0, 0.05) is 32.7 Å². The average Bonchev–Trinajstić information content (AvgIpc) is 3.51. The number of alkyl carbamates (subject to hydrolysis) is 1. The Morgan fingerprint density at radius 2 is 1.77 bits per heavy atom. The van der Waals surface area contributed by atoms with Crippen LogP contribution < -0.4 is 19.9 Å². The molecule has 0 aliphatic carbocycles. The number of unbranched alkanes of at least 4 members (excludes halogenated alkanes) is 1. The maximum Gasteiger partial charge on any atom is 0.407 e. The van der Waals surface area contributed by atoms with Gasteiger partial charge in [0.1, 0.15) is 12.9 Å². The zero-order chi connectivity index (χ0) is 34.0. The van der Waals surface area contributed by atoms with Gasteiger partial charge in [0.25, 0.3) is 0 Å². The smallest absolute Gasteiger partial charge is 0.407 e. The Kier molecular flexibility index (Phi) is 12.7. The minimum absolute atomic E-state index is 0.0242. The summed E-state index contributed by atoms with van der Waals surface area (Å²) >= 11 is 0. The van der Waals surface area contributed by atoms with E-state index in [9.17, 15) is 28.2 Å². The number of nitrogens with one attached hydrogen (secondary N) is 1. The third-order valence-electron chi connectivity index (χ3n) is 8.00. The fourth-order valence-corrected chi connectivity index (χ4v) is 7.06. The molecule has 1 saturated heterocycles. The van der Waals surface area contributed by atoms with Crippen molar-refractivity contribution in [2.75, 3.05) is 53.5 Å². The number of ether oxygens (including phenoxy) is 5. The van der Waals surface area contributed by atoms with E-state index in [0.717, 1.165) is 10.5 Å².